The van der Waals surface area contributed by atoms with Gasteiger partial charge >= 0.3 is 6.18 Å². The normalized spacial score (nSPS) is 13.5. The summed E-state index contributed by atoms with van der Waals surface area (Å²) in [5.41, 5.74) is -0.205. The molecule has 2 atom stereocenters. The topological polar surface area (TPSA) is 60.3 Å². The molecule has 0 aliphatic carbocycles. The third-order valence-corrected chi connectivity index (χ3v) is 5.63. The van der Waals surface area contributed by atoms with Crippen molar-refractivity contribution in [3.05, 3.63) is 83.2 Å². The van der Waals surface area contributed by atoms with Gasteiger partial charge in [0.05, 0.1) is 6.04 Å². The smallest absolute Gasteiger partial charge is 0.345 e. The minimum absolute atomic E-state index is 0.0261. The van der Waals surface area contributed by atoms with Crippen LogP contribution in [0.2, 0.25) is 0 Å². The lowest BCUT2D eigenvalue weighted by Crippen LogP contribution is -2.28. The first-order chi connectivity index (χ1) is 15.0. The maximum absolute atomic E-state index is 14.2. The number of nitrogens with one attached hydrogen (secondary N) is 2. The number of halogens is 5. The first kappa shape index (κ1) is 23.5. The highest BCUT2D eigenvalue weighted by molar-refractivity contribution is 7.84. The lowest BCUT2D eigenvalue weighted by Gasteiger charge is -2.15. The Hall–Kier alpha value is -3.14. The number of benzene rings is 2. The largest absolute Gasteiger partial charge is 0.477 e. The van der Waals surface area contributed by atoms with Gasteiger partial charge in [0.25, 0.3) is 11.6 Å². The van der Waals surface area contributed by atoms with E-state index in [1.54, 1.807) is 6.92 Å². The number of aromatic nitrogens is 1. The van der Waals surface area contributed by atoms with Crippen molar-refractivity contribution in [2.45, 2.75) is 24.0 Å². The number of carbonyl (C=O) groups excluding carboxylic acids is 1. The zero-order valence-corrected chi connectivity index (χ0v) is 17.7. The van der Waals surface area contributed by atoms with Gasteiger partial charge in [0, 0.05) is 50.8 Å². The second kappa shape index (κ2) is 9.15. The Morgan fingerprint density at radius 3 is 2.34 bits per heavy atom. The first-order valence-corrected chi connectivity index (χ1v) is 10.8. The summed E-state index contributed by atoms with van der Waals surface area (Å²) in [6.45, 7) is 1.58. The van der Waals surface area contributed by atoms with Crippen molar-refractivity contribution in [2.24, 2.45) is 0 Å². The molecule has 1 heterocycles. The van der Waals surface area contributed by atoms with E-state index < -0.39 is 46.3 Å². The van der Waals surface area contributed by atoms with Gasteiger partial charge in [0.1, 0.15) is 11.6 Å². The molecule has 0 radical (unpaired) electrons. The Morgan fingerprint density at radius 2 is 1.78 bits per heavy atom. The molecule has 1 amide bonds. The Bertz CT molecular complexity index is 1180. The number of hydrogen-bond donors (Lipinski definition) is 1. The molecule has 168 valence electrons. The first-order valence-electron chi connectivity index (χ1n) is 9.29. The van der Waals surface area contributed by atoms with Gasteiger partial charge < -0.3 is 5.32 Å². The quantitative estimate of drug-likeness (QED) is 0.551. The molecule has 1 aromatic heterocycles. The van der Waals surface area contributed by atoms with Crippen LogP contribution in [0.1, 0.15) is 34.6 Å². The van der Waals surface area contributed by atoms with E-state index >= 15 is 0 Å². The SMILES string of the molecule is C[C@@H](NC(=O)c1cc(-c2ccc(F)cc2F)cc(S(C)=O)c1)c1ccc(C(F)(F)F)[nH+]c1. The van der Waals surface area contributed by atoms with Crippen LogP contribution in [0.3, 0.4) is 0 Å². The summed E-state index contributed by atoms with van der Waals surface area (Å²) < 4.78 is 77.7. The second-order valence-electron chi connectivity index (χ2n) is 7.05. The number of pyridine rings is 1. The highest BCUT2D eigenvalue weighted by Gasteiger charge is 2.37. The molecule has 0 bridgehead atoms. The number of carbonyl (C=O) groups is 1. The molecule has 2 N–H and O–H groups in total. The van der Waals surface area contributed by atoms with Gasteiger partial charge in [0.15, 0.2) is 6.20 Å². The molecule has 10 heteroatoms. The fraction of sp³-hybridized carbons (Fsp3) is 0.182. The van der Waals surface area contributed by atoms with Gasteiger partial charge in [-0.15, -0.1) is 0 Å². The van der Waals surface area contributed by atoms with E-state index in [1.807, 2.05) is 0 Å². The zero-order valence-electron chi connectivity index (χ0n) is 16.9. The van der Waals surface area contributed by atoms with Crippen molar-refractivity contribution < 1.29 is 35.9 Å². The zero-order chi connectivity index (χ0) is 23.6. The standard InChI is InChI=1S/C22H17F5N2O2S/c1-12(13-3-6-20(28-11-13)22(25,26)27)29-21(30)15-7-14(8-17(9-15)32(2)31)18-5-4-16(23)10-19(18)24/h3-12H,1-2H3,(H,29,30)/p+1/t12-,32?/m1/s1. The van der Waals surface area contributed by atoms with Crippen LogP contribution >= 0.6 is 0 Å². The van der Waals surface area contributed by atoms with Crippen LogP contribution in [0.4, 0.5) is 22.0 Å². The van der Waals surface area contributed by atoms with Gasteiger partial charge in [-0.25, -0.2) is 13.8 Å². The molecule has 0 aliphatic rings. The summed E-state index contributed by atoms with van der Waals surface area (Å²) in [6, 6.07) is 8.61. The highest BCUT2D eigenvalue weighted by atomic mass is 32.2. The number of hydrogen-bond acceptors (Lipinski definition) is 2. The van der Waals surface area contributed by atoms with Crippen molar-refractivity contribution in [3.63, 3.8) is 0 Å². The summed E-state index contributed by atoms with van der Waals surface area (Å²) in [7, 11) is -1.50. The molecular formula is C22H18F5N2O2S+. The minimum atomic E-state index is -4.52. The minimum Gasteiger partial charge on any atom is -0.345 e. The van der Waals surface area contributed by atoms with Gasteiger partial charge in [-0.1, -0.05) is 0 Å². The lowest BCUT2D eigenvalue weighted by atomic mass is 10.0. The van der Waals surface area contributed by atoms with Gasteiger partial charge in [-0.3, -0.25) is 9.00 Å². The van der Waals surface area contributed by atoms with Crippen LogP contribution in [-0.4, -0.2) is 16.4 Å². The molecule has 3 aromatic rings. The second-order valence-corrected chi connectivity index (χ2v) is 8.43. The van der Waals surface area contributed by atoms with E-state index in [0.717, 1.165) is 18.3 Å². The van der Waals surface area contributed by atoms with Crippen molar-refractivity contribution in [1.82, 2.24) is 5.32 Å². The van der Waals surface area contributed by atoms with Gasteiger partial charge in [-0.05, 0) is 48.9 Å². The van der Waals surface area contributed by atoms with Crippen LogP contribution in [-0.2, 0) is 17.0 Å². The highest BCUT2D eigenvalue weighted by Crippen LogP contribution is 2.28. The Kier molecular flexibility index (Phi) is 6.73. The maximum Gasteiger partial charge on any atom is 0.477 e. The number of alkyl halides is 3. The predicted octanol–water partition coefficient (Wildman–Crippen LogP) is 4.69. The fourth-order valence-electron chi connectivity index (χ4n) is 3.02. The molecule has 2 aromatic carbocycles. The molecule has 1 unspecified atom stereocenters. The average Bonchev–Trinajstić information content (AvgIpc) is 2.72. The van der Waals surface area contributed by atoms with Crippen molar-refractivity contribution in [2.75, 3.05) is 6.26 Å². The molecule has 32 heavy (non-hydrogen) atoms. The van der Waals surface area contributed by atoms with E-state index in [4.69, 9.17) is 0 Å². The fourth-order valence-corrected chi connectivity index (χ4v) is 3.61. The molecule has 4 nitrogen and oxygen atoms in total. The summed E-state index contributed by atoms with van der Waals surface area (Å²) in [6.07, 6.45) is -1.99. The third-order valence-electron chi connectivity index (χ3n) is 4.73. The van der Waals surface area contributed by atoms with Crippen molar-refractivity contribution in [1.29, 1.82) is 0 Å². The Balaban J connectivity index is 1.90. The third kappa shape index (κ3) is 5.37. The van der Waals surface area contributed by atoms with Crippen molar-refractivity contribution >= 4 is 16.7 Å². The van der Waals surface area contributed by atoms with E-state index in [2.05, 4.69) is 10.3 Å². The molecule has 0 saturated heterocycles. The monoisotopic (exact) mass is 469 g/mol. The molecule has 0 fully saturated rings. The van der Waals surface area contributed by atoms with Crippen LogP contribution < -0.4 is 10.3 Å². The maximum atomic E-state index is 14.2. The van der Waals surface area contributed by atoms with Gasteiger partial charge in [-0.2, -0.15) is 13.2 Å². The summed E-state index contributed by atoms with van der Waals surface area (Å²) in [4.78, 5) is 15.2. The Labute approximate surface area is 183 Å². The van der Waals surface area contributed by atoms with Crippen LogP contribution in [0, 0.1) is 11.6 Å². The predicted molar refractivity (Wildman–Crippen MR) is 108 cm³/mol. The number of aromatic amines is 1. The van der Waals surface area contributed by atoms with Gasteiger partial charge in [0.2, 0.25) is 0 Å². The summed E-state index contributed by atoms with van der Waals surface area (Å²) >= 11 is 0. The van der Waals surface area contributed by atoms with Crippen LogP contribution in [0.15, 0.2) is 59.6 Å². The number of amides is 1. The molecule has 0 spiro atoms. The molecule has 3 rings (SSSR count). The molecule has 0 saturated carbocycles. The Morgan fingerprint density at radius 1 is 1.06 bits per heavy atom. The lowest BCUT2D eigenvalue weighted by molar-refractivity contribution is -0.426. The van der Waals surface area contributed by atoms with E-state index in [-0.39, 0.29) is 21.6 Å². The molecule has 0 aliphatic heterocycles. The summed E-state index contributed by atoms with van der Waals surface area (Å²) in [5.74, 6) is -2.21. The number of H-pyrrole nitrogens is 1. The van der Waals surface area contributed by atoms with Crippen LogP contribution in [0.25, 0.3) is 11.1 Å². The van der Waals surface area contributed by atoms with Crippen LogP contribution in [0.5, 0.6) is 0 Å². The van der Waals surface area contributed by atoms with E-state index in [9.17, 15) is 31.0 Å². The molecular weight excluding hydrogens is 451 g/mol. The average molecular weight is 469 g/mol. The van der Waals surface area contributed by atoms with E-state index in [1.165, 1.54) is 36.6 Å². The number of rotatable bonds is 5. The van der Waals surface area contributed by atoms with E-state index in [0.29, 0.717) is 11.6 Å². The summed E-state index contributed by atoms with van der Waals surface area (Å²) in [5, 5.41) is 2.65. The van der Waals surface area contributed by atoms with Crippen molar-refractivity contribution in [3.8, 4) is 11.1 Å².